The number of aryl methyl sites for hydroxylation is 1. The molecule has 0 aliphatic carbocycles. The summed E-state index contributed by atoms with van der Waals surface area (Å²) >= 11 is 7.33. The molecule has 8 heteroatoms. The zero-order valence-electron chi connectivity index (χ0n) is 11.8. The molecule has 122 valence electrons. The van der Waals surface area contributed by atoms with Crippen LogP contribution in [0, 0.1) is 30.2 Å². The zero-order valence-corrected chi connectivity index (χ0v) is 14.2. The second-order valence-corrected chi connectivity index (χ2v) is 5.94. The van der Waals surface area contributed by atoms with E-state index in [1.807, 2.05) is 31.2 Å². The topological polar surface area (TPSA) is 24.1 Å². The van der Waals surface area contributed by atoms with Crippen LogP contribution in [0.5, 0.6) is 0 Å². The highest BCUT2D eigenvalue weighted by molar-refractivity contribution is 9.10. The third-order valence-corrected chi connectivity index (χ3v) is 3.96. The summed E-state index contributed by atoms with van der Waals surface area (Å²) in [6.07, 6.45) is 0. The third kappa shape index (κ3) is 4.00. The Bertz CT molecular complexity index is 721. The summed E-state index contributed by atoms with van der Waals surface area (Å²) in [7, 11) is 0. The van der Waals surface area contributed by atoms with E-state index in [1.165, 1.54) is 0 Å². The van der Waals surface area contributed by atoms with E-state index >= 15 is 0 Å². The Morgan fingerprint density at radius 1 is 1.00 bits per heavy atom. The number of hydrogen-bond acceptors (Lipinski definition) is 1. The molecule has 0 aliphatic rings. The number of benzene rings is 2. The van der Waals surface area contributed by atoms with Gasteiger partial charge >= 0.3 is 0 Å². The quantitative estimate of drug-likeness (QED) is 0.331. The van der Waals surface area contributed by atoms with Crippen LogP contribution >= 0.6 is 28.1 Å². The van der Waals surface area contributed by atoms with Gasteiger partial charge in [0.15, 0.2) is 28.4 Å². The molecule has 0 spiro atoms. The van der Waals surface area contributed by atoms with Crippen molar-refractivity contribution in [3.8, 4) is 0 Å². The molecule has 0 unspecified atom stereocenters. The van der Waals surface area contributed by atoms with Crippen molar-refractivity contribution in [1.29, 1.82) is 0 Å². The molecule has 2 N–H and O–H groups in total. The molecule has 0 amide bonds. The van der Waals surface area contributed by atoms with Gasteiger partial charge in [0.2, 0.25) is 0 Å². The van der Waals surface area contributed by atoms with E-state index in [0.29, 0.717) is 0 Å². The minimum atomic E-state index is -1.56. The van der Waals surface area contributed by atoms with Gasteiger partial charge in [0.25, 0.3) is 0 Å². The third-order valence-electron chi connectivity index (χ3n) is 3.02. The largest absolute Gasteiger partial charge is 0.358 e. The molecule has 2 aromatic carbocycles. The smallest absolute Gasteiger partial charge is 0.186 e. The fourth-order valence-electron chi connectivity index (χ4n) is 1.76. The summed E-state index contributed by atoms with van der Waals surface area (Å²) in [5, 5.41) is 4.68. The van der Waals surface area contributed by atoms with Crippen molar-refractivity contribution >= 4 is 38.9 Å². The number of nitrogens with one attached hydrogen (secondary N) is 2. The van der Waals surface area contributed by atoms with Gasteiger partial charge in [-0.1, -0.05) is 29.8 Å². The Kier molecular flexibility index (Phi) is 5.59. The predicted molar refractivity (Wildman–Crippen MR) is 88.2 cm³/mol. The summed E-state index contributed by atoms with van der Waals surface area (Å²) in [5.74, 6) is -6.19. The lowest BCUT2D eigenvalue weighted by molar-refractivity contribution is 0.452. The van der Waals surface area contributed by atoms with E-state index in [0.717, 1.165) is 11.1 Å². The molecule has 0 heterocycles. The van der Waals surface area contributed by atoms with Crippen molar-refractivity contribution in [3.63, 3.8) is 0 Å². The Hall–Kier alpha value is -1.67. The molecule has 0 bridgehead atoms. The zero-order chi connectivity index (χ0) is 17.1. The maximum atomic E-state index is 13.7. The standard InChI is InChI=1S/C15H11BrF4N2S/c1-7-2-4-8(5-3-7)6-21-15(23)22-14-12(19)10(17)9(16)11(18)13(14)20/h2-5H,6H2,1H3,(H2,21,22,23). The van der Waals surface area contributed by atoms with Crippen molar-refractivity contribution in [2.24, 2.45) is 0 Å². The molecule has 0 aromatic heterocycles. The van der Waals surface area contributed by atoms with Crippen LogP contribution in [0.25, 0.3) is 0 Å². The highest BCUT2D eigenvalue weighted by atomic mass is 79.9. The van der Waals surface area contributed by atoms with Gasteiger partial charge in [0.1, 0.15) is 5.69 Å². The van der Waals surface area contributed by atoms with Gasteiger partial charge < -0.3 is 10.6 Å². The van der Waals surface area contributed by atoms with Crippen molar-refractivity contribution < 1.29 is 17.6 Å². The summed E-state index contributed by atoms with van der Waals surface area (Å²) in [6, 6.07) is 7.49. The van der Waals surface area contributed by atoms with Gasteiger partial charge in [0.05, 0.1) is 4.47 Å². The lowest BCUT2D eigenvalue weighted by Gasteiger charge is -2.13. The SMILES string of the molecule is Cc1ccc(CNC(=S)Nc2c(F)c(F)c(Br)c(F)c2F)cc1. The first-order valence-corrected chi connectivity index (χ1v) is 7.63. The summed E-state index contributed by atoms with van der Waals surface area (Å²) < 4.78 is 53.4. The second kappa shape index (κ2) is 7.27. The molecule has 2 rings (SSSR count). The van der Waals surface area contributed by atoms with Gasteiger partial charge in [-0.3, -0.25) is 0 Å². The van der Waals surface area contributed by atoms with Crippen LogP contribution in [0.3, 0.4) is 0 Å². The summed E-state index contributed by atoms with van der Waals surface area (Å²) in [5.41, 5.74) is 0.984. The average Bonchev–Trinajstić information content (AvgIpc) is 2.54. The van der Waals surface area contributed by atoms with Crippen LogP contribution in [0.15, 0.2) is 28.7 Å². The molecule has 0 saturated carbocycles. The van der Waals surface area contributed by atoms with Gasteiger partial charge in [-0.15, -0.1) is 0 Å². The fraction of sp³-hybridized carbons (Fsp3) is 0.133. The molecule has 2 nitrogen and oxygen atoms in total. The predicted octanol–water partition coefficient (Wildman–Crippen LogP) is 4.80. The molecule has 0 saturated heterocycles. The average molecular weight is 407 g/mol. The molecule has 23 heavy (non-hydrogen) atoms. The highest BCUT2D eigenvalue weighted by Crippen LogP contribution is 2.31. The minimum Gasteiger partial charge on any atom is -0.358 e. The Morgan fingerprint density at radius 2 is 1.52 bits per heavy atom. The van der Waals surface area contributed by atoms with Crippen LogP contribution in [0.1, 0.15) is 11.1 Å². The van der Waals surface area contributed by atoms with Crippen LogP contribution in [0.4, 0.5) is 23.2 Å². The van der Waals surface area contributed by atoms with Crippen LogP contribution in [-0.4, -0.2) is 5.11 Å². The molecular formula is C15H11BrF4N2S. The first-order chi connectivity index (χ1) is 10.8. The number of thiocarbonyl (C=S) groups is 1. The normalized spacial score (nSPS) is 10.5. The summed E-state index contributed by atoms with van der Waals surface area (Å²) in [4.78, 5) is 0. The maximum Gasteiger partial charge on any atom is 0.186 e. The highest BCUT2D eigenvalue weighted by Gasteiger charge is 2.24. The van der Waals surface area contributed by atoms with E-state index in [4.69, 9.17) is 12.2 Å². The van der Waals surface area contributed by atoms with E-state index in [-0.39, 0.29) is 11.7 Å². The Labute approximate surface area is 144 Å². The van der Waals surface area contributed by atoms with Gasteiger partial charge in [-0.25, -0.2) is 17.6 Å². The minimum absolute atomic E-state index is 0.163. The number of rotatable bonds is 3. The lowest BCUT2D eigenvalue weighted by atomic mass is 10.1. The second-order valence-electron chi connectivity index (χ2n) is 4.74. The molecule has 2 aromatic rings. The fourth-order valence-corrected chi connectivity index (χ4v) is 2.28. The van der Waals surface area contributed by atoms with Gasteiger partial charge in [-0.2, -0.15) is 0 Å². The molecule has 0 atom stereocenters. The van der Waals surface area contributed by atoms with Crippen LogP contribution < -0.4 is 10.6 Å². The number of hydrogen-bond donors (Lipinski definition) is 2. The maximum absolute atomic E-state index is 13.7. The van der Waals surface area contributed by atoms with Crippen molar-refractivity contribution in [2.45, 2.75) is 13.5 Å². The van der Waals surface area contributed by atoms with E-state index < -0.39 is 33.4 Å². The van der Waals surface area contributed by atoms with Crippen molar-refractivity contribution in [1.82, 2.24) is 5.32 Å². The van der Waals surface area contributed by atoms with Gasteiger partial charge in [-0.05, 0) is 40.6 Å². The Morgan fingerprint density at radius 3 is 2.04 bits per heavy atom. The monoisotopic (exact) mass is 406 g/mol. The van der Waals surface area contributed by atoms with E-state index in [2.05, 4.69) is 26.6 Å². The molecule has 0 aliphatic heterocycles. The summed E-state index contributed by atoms with van der Waals surface area (Å²) in [6.45, 7) is 2.22. The van der Waals surface area contributed by atoms with E-state index in [1.54, 1.807) is 0 Å². The van der Waals surface area contributed by atoms with Crippen LogP contribution in [0.2, 0.25) is 0 Å². The van der Waals surface area contributed by atoms with Crippen molar-refractivity contribution in [3.05, 3.63) is 63.1 Å². The first kappa shape index (κ1) is 17.7. The van der Waals surface area contributed by atoms with Gasteiger partial charge in [0, 0.05) is 6.54 Å². The Balaban J connectivity index is 2.10. The first-order valence-electron chi connectivity index (χ1n) is 6.43. The number of halogens is 5. The molecule has 0 radical (unpaired) electrons. The van der Waals surface area contributed by atoms with E-state index in [9.17, 15) is 17.6 Å². The molecular weight excluding hydrogens is 396 g/mol. The van der Waals surface area contributed by atoms with Crippen LogP contribution in [-0.2, 0) is 6.54 Å². The lowest BCUT2D eigenvalue weighted by Crippen LogP contribution is -2.29. The number of anilines is 1. The molecule has 0 fully saturated rings. The van der Waals surface area contributed by atoms with Crippen molar-refractivity contribution in [2.75, 3.05) is 5.32 Å².